The molecule has 2 aliphatic carbocycles. The molecule has 3 nitrogen and oxygen atoms in total. The van der Waals surface area contributed by atoms with Gasteiger partial charge in [0.05, 0.1) is 5.57 Å². The fourth-order valence-electron chi connectivity index (χ4n) is 4.30. The second-order valence-corrected chi connectivity index (χ2v) is 8.32. The monoisotopic (exact) mass is 326 g/mol. The van der Waals surface area contributed by atoms with Gasteiger partial charge in [0, 0.05) is 16.7 Å². The molecule has 0 bridgehead atoms. The number of rotatable bonds is 3. The van der Waals surface area contributed by atoms with Gasteiger partial charge in [0.2, 0.25) is 0 Å². The minimum absolute atomic E-state index is 0.0825. The maximum atomic E-state index is 12.7. The van der Waals surface area contributed by atoms with E-state index in [1.807, 2.05) is 0 Å². The molecule has 0 aromatic heterocycles. The summed E-state index contributed by atoms with van der Waals surface area (Å²) in [5.74, 6) is 0.0805. The van der Waals surface area contributed by atoms with Crippen LogP contribution >= 0.6 is 0 Å². The SMILES string of the molecule is CC(C)(C)C1CCC(CC2=C(C(=O)O)c3ccccc3C2=O)CC1. The molecule has 0 atom stereocenters. The summed E-state index contributed by atoms with van der Waals surface area (Å²) >= 11 is 0. The zero-order valence-corrected chi connectivity index (χ0v) is 14.8. The summed E-state index contributed by atoms with van der Waals surface area (Å²) in [7, 11) is 0. The number of carboxylic acids is 1. The van der Waals surface area contributed by atoms with E-state index in [9.17, 15) is 14.7 Å². The molecule has 0 saturated heterocycles. The Morgan fingerprint density at radius 1 is 1.08 bits per heavy atom. The van der Waals surface area contributed by atoms with E-state index in [1.165, 1.54) is 12.8 Å². The van der Waals surface area contributed by atoms with Crippen molar-refractivity contribution in [3.8, 4) is 0 Å². The lowest BCUT2D eigenvalue weighted by Crippen LogP contribution is -2.26. The van der Waals surface area contributed by atoms with Gasteiger partial charge >= 0.3 is 5.97 Å². The zero-order chi connectivity index (χ0) is 17.5. The standard InChI is InChI=1S/C21H26O3/c1-21(2,3)14-10-8-13(9-11-14)12-17-18(20(23)24)15-6-4-5-7-16(15)19(17)22/h4-7,13-14H,8-12H2,1-3H3,(H,23,24). The lowest BCUT2D eigenvalue weighted by Gasteiger charge is -2.37. The molecule has 0 heterocycles. The molecule has 0 amide bonds. The Balaban J connectivity index is 1.79. The quantitative estimate of drug-likeness (QED) is 0.853. The first-order valence-corrected chi connectivity index (χ1v) is 8.89. The molecule has 0 radical (unpaired) electrons. The third kappa shape index (κ3) is 3.04. The Hall–Kier alpha value is -1.90. The minimum Gasteiger partial charge on any atom is -0.478 e. The Bertz CT molecular complexity index is 698. The molecule has 3 rings (SSSR count). The lowest BCUT2D eigenvalue weighted by molar-refractivity contribution is -0.130. The summed E-state index contributed by atoms with van der Waals surface area (Å²) < 4.78 is 0. The highest BCUT2D eigenvalue weighted by atomic mass is 16.4. The molecule has 3 heteroatoms. The second kappa shape index (κ2) is 6.19. The summed E-state index contributed by atoms with van der Waals surface area (Å²) in [5.41, 5.74) is 2.22. The van der Waals surface area contributed by atoms with Crippen molar-refractivity contribution in [3.05, 3.63) is 41.0 Å². The molecular weight excluding hydrogens is 300 g/mol. The van der Waals surface area contributed by atoms with Crippen LogP contribution in [-0.2, 0) is 4.79 Å². The van der Waals surface area contributed by atoms with Gasteiger partial charge in [-0.1, -0.05) is 45.0 Å². The summed E-state index contributed by atoms with van der Waals surface area (Å²) in [5, 5.41) is 9.62. The molecule has 24 heavy (non-hydrogen) atoms. The highest BCUT2D eigenvalue weighted by molar-refractivity contribution is 6.33. The molecule has 128 valence electrons. The molecule has 1 saturated carbocycles. The fourth-order valence-corrected chi connectivity index (χ4v) is 4.30. The zero-order valence-electron chi connectivity index (χ0n) is 14.8. The van der Waals surface area contributed by atoms with Crippen molar-refractivity contribution in [1.29, 1.82) is 0 Å². The average Bonchev–Trinajstić information content (AvgIpc) is 2.80. The van der Waals surface area contributed by atoms with E-state index in [2.05, 4.69) is 20.8 Å². The number of carboxylic acid groups (broad SMARTS) is 1. The predicted molar refractivity (Wildman–Crippen MR) is 94.8 cm³/mol. The number of hydrogen-bond acceptors (Lipinski definition) is 2. The van der Waals surface area contributed by atoms with Gasteiger partial charge in [-0.15, -0.1) is 0 Å². The van der Waals surface area contributed by atoms with Crippen molar-refractivity contribution < 1.29 is 14.7 Å². The minimum atomic E-state index is -0.980. The number of aliphatic carboxylic acids is 1. The van der Waals surface area contributed by atoms with Crippen molar-refractivity contribution >= 4 is 17.3 Å². The smallest absolute Gasteiger partial charge is 0.336 e. The van der Waals surface area contributed by atoms with Crippen LogP contribution in [0.5, 0.6) is 0 Å². The van der Waals surface area contributed by atoms with Crippen molar-refractivity contribution in [3.63, 3.8) is 0 Å². The van der Waals surface area contributed by atoms with E-state index < -0.39 is 5.97 Å². The number of Topliss-reactive ketones (excluding diaryl/α,β-unsaturated/α-hetero) is 1. The maximum Gasteiger partial charge on any atom is 0.336 e. The number of benzene rings is 1. The molecule has 1 aromatic carbocycles. The number of carbonyl (C=O) groups excluding carboxylic acids is 1. The van der Waals surface area contributed by atoms with Gasteiger partial charge in [-0.05, 0) is 49.4 Å². The summed E-state index contributed by atoms with van der Waals surface area (Å²) in [4.78, 5) is 24.4. The third-order valence-corrected chi connectivity index (χ3v) is 5.80. The largest absolute Gasteiger partial charge is 0.478 e. The van der Waals surface area contributed by atoms with E-state index in [1.54, 1.807) is 24.3 Å². The first-order valence-electron chi connectivity index (χ1n) is 8.89. The average molecular weight is 326 g/mol. The van der Waals surface area contributed by atoms with Crippen molar-refractivity contribution in [2.45, 2.75) is 52.9 Å². The van der Waals surface area contributed by atoms with E-state index in [0.29, 0.717) is 34.5 Å². The van der Waals surface area contributed by atoms with Gasteiger partial charge in [0.25, 0.3) is 0 Å². The van der Waals surface area contributed by atoms with E-state index in [4.69, 9.17) is 0 Å². The molecule has 0 spiro atoms. The molecule has 1 fully saturated rings. The van der Waals surface area contributed by atoms with E-state index in [0.717, 1.165) is 18.8 Å². The third-order valence-electron chi connectivity index (χ3n) is 5.80. The fraction of sp³-hybridized carbons (Fsp3) is 0.524. The number of ketones is 1. The highest BCUT2D eigenvalue weighted by Gasteiger charge is 2.36. The van der Waals surface area contributed by atoms with Crippen LogP contribution in [0, 0.1) is 17.3 Å². The van der Waals surface area contributed by atoms with Crippen molar-refractivity contribution in [2.24, 2.45) is 17.3 Å². The summed E-state index contributed by atoms with van der Waals surface area (Å²) in [6.07, 6.45) is 5.12. The maximum absolute atomic E-state index is 12.7. The van der Waals surface area contributed by atoms with Crippen LogP contribution in [-0.4, -0.2) is 16.9 Å². The molecular formula is C21H26O3. The van der Waals surface area contributed by atoms with Crippen LogP contribution in [0.2, 0.25) is 0 Å². The highest BCUT2D eigenvalue weighted by Crippen LogP contribution is 2.43. The van der Waals surface area contributed by atoms with Crippen LogP contribution in [0.3, 0.4) is 0 Å². The Kier molecular flexibility index (Phi) is 4.37. The van der Waals surface area contributed by atoms with Gasteiger partial charge in [-0.2, -0.15) is 0 Å². The molecule has 0 unspecified atom stereocenters. The Labute approximate surface area is 143 Å². The Morgan fingerprint density at radius 3 is 2.21 bits per heavy atom. The lowest BCUT2D eigenvalue weighted by atomic mass is 9.69. The van der Waals surface area contributed by atoms with E-state index >= 15 is 0 Å². The van der Waals surface area contributed by atoms with Crippen molar-refractivity contribution in [1.82, 2.24) is 0 Å². The summed E-state index contributed by atoms with van der Waals surface area (Å²) in [6.45, 7) is 6.88. The second-order valence-electron chi connectivity index (χ2n) is 8.32. The van der Waals surface area contributed by atoms with Gasteiger partial charge in [-0.3, -0.25) is 4.79 Å². The molecule has 1 N–H and O–H groups in total. The van der Waals surface area contributed by atoms with Gasteiger partial charge in [0.1, 0.15) is 0 Å². The first-order chi connectivity index (χ1) is 11.3. The molecule has 2 aliphatic rings. The van der Waals surface area contributed by atoms with Gasteiger partial charge in [-0.25, -0.2) is 4.79 Å². The number of hydrogen-bond donors (Lipinski definition) is 1. The topological polar surface area (TPSA) is 54.4 Å². The van der Waals surface area contributed by atoms with Crippen molar-refractivity contribution in [2.75, 3.05) is 0 Å². The van der Waals surface area contributed by atoms with Gasteiger partial charge < -0.3 is 5.11 Å². The predicted octanol–water partition coefficient (Wildman–Crippen LogP) is 4.96. The normalized spacial score (nSPS) is 24.2. The van der Waals surface area contributed by atoms with Crippen LogP contribution in [0.1, 0.15) is 68.8 Å². The van der Waals surface area contributed by atoms with Crippen LogP contribution in [0.25, 0.3) is 5.57 Å². The number of fused-ring (bicyclic) bond motifs is 1. The molecule has 0 aliphatic heterocycles. The first kappa shape index (κ1) is 16.9. The van der Waals surface area contributed by atoms with Crippen LogP contribution < -0.4 is 0 Å². The summed E-state index contributed by atoms with van der Waals surface area (Å²) in [6, 6.07) is 7.09. The van der Waals surface area contributed by atoms with Gasteiger partial charge in [0.15, 0.2) is 5.78 Å². The Morgan fingerprint density at radius 2 is 1.67 bits per heavy atom. The number of carbonyl (C=O) groups is 2. The van der Waals surface area contributed by atoms with Crippen LogP contribution in [0.4, 0.5) is 0 Å². The molecule has 1 aromatic rings. The van der Waals surface area contributed by atoms with E-state index in [-0.39, 0.29) is 11.4 Å². The van der Waals surface area contributed by atoms with Crippen LogP contribution in [0.15, 0.2) is 29.8 Å². The number of allylic oxidation sites excluding steroid dienone is 1.